The topological polar surface area (TPSA) is 80.1 Å². The van der Waals surface area contributed by atoms with Crippen molar-refractivity contribution in [3.63, 3.8) is 0 Å². The van der Waals surface area contributed by atoms with Crippen molar-refractivity contribution in [2.24, 2.45) is 5.92 Å². The number of carbonyl (C=O) groups is 2. The first-order chi connectivity index (χ1) is 14.5. The van der Waals surface area contributed by atoms with Gasteiger partial charge >= 0.3 is 0 Å². The number of carbonyl (C=O) groups excluding carboxylic acids is 2. The number of hydrogen-bond donors (Lipinski definition) is 1. The van der Waals surface area contributed by atoms with Crippen LogP contribution in [0.5, 0.6) is 0 Å². The molecule has 0 aliphatic carbocycles. The molecule has 0 saturated carbocycles. The molecule has 0 spiro atoms. The summed E-state index contributed by atoms with van der Waals surface area (Å²) in [6.07, 6.45) is 5.88. The van der Waals surface area contributed by atoms with Gasteiger partial charge in [0.25, 0.3) is 5.91 Å². The Morgan fingerprint density at radius 2 is 1.80 bits per heavy atom. The van der Waals surface area contributed by atoms with Crippen LogP contribution in [0.1, 0.15) is 23.2 Å². The number of hydrogen-bond acceptors (Lipinski definition) is 4. The molecule has 1 aliphatic heterocycles. The summed E-state index contributed by atoms with van der Waals surface area (Å²) in [6, 6.07) is 10.6. The largest absolute Gasteiger partial charge is 0.339 e. The first kappa shape index (κ1) is 20.4. The number of benzene rings is 1. The van der Waals surface area contributed by atoms with Gasteiger partial charge in [-0.25, -0.2) is 9.67 Å². The summed E-state index contributed by atoms with van der Waals surface area (Å²) in [7, 11) is 0. The number of nitrogens with one attached hydrogen (secondary N) is 1. The molecule has 7 nitrogen and oxygen atoms in total. The highest BCUT2D eigenvalue weighted by molar-refractivity contribution is 6.32. The van der Waals surface area contributed by atoms with E-state index in [1.807, 2.05) is 18.2 Å². The summed E-state index contributed by atoms with van der Waals surface area (Å²) in [5.41, 5.74) is 1.20. The number of anilines is 1. The Morgan fingerprint density at radius 1 is 1.03 bits per heavy atom. The quantitative estimate of drug-likeness (QED) is 0.658. The minimum Gasteiger partial charge on any atom is -0.339 e. The van der Waals surface area contributed by atoms with Crippen molar-refractivity contribution in [3.8, 4) is 5.69 Å². The summed E-state index contributed by atoms with van der Waals surface area (Å²) in [5.74, 6) is 0.0993. The third-order valence-electron chi connectivity index (χ3n) is 5.06. The van der Waals surface area contributed by atoms with Gasteiger partial charge in [-0.15, -0.1) is 0 Å². The molecule has 1 aromatic carbocycles. The van der Waals surface area contributed by atoms with Crippen molar-refractivity contribution in [1.82, 2.24) is 19.7 Å². The van der Waals surface area contributed by atoms with E-state index in [2.05, 4.69) is 15.4 Å². The predicted molar refractivity (Wildman–Crippen MR) is 115 cm³/mol. The zero-order chi connectivity index (χ0) is 21.1. The van der Waals surface area contributed by atoms with Crippen molar-refractivity contribution < 1.29 is 9.59 Å². The lowest BCUT2D eigenvalue weighted by atomic mass is 9.95. The number of rotatable bonds is 4. The van der Waals surface area contributed by atoms with E-state index in [1.54, 1.807) is 34.0 Å². The fraction of sp³-hybridized carbons (Fsp3) is 0.238. The van der Waals surface area contributed by atoms with Crippen LogP contribution in [0.4, 0.5) is 5.82 Å². The number of aromatic nitrogens is 3. The maximum atomic E-state index is 12.8. The number of piperidine rings is 1. The molecule has 0 atom stereocenters. The Bertz CT molecular complexity index is 1060. The number of amides is 2. The molecule has 0 radical (unpaired) electrons. The van der Waals surface area contributed by atoms with Crippen molar-refractivity contribution in [2.45, 2.75) is 12.8 Å². The van der Waals surface area contributed by atoms with Crippen LogP contribution < -0.4 is 5.32 Å². The fourth-order valence-corrected chi connectivity index (χ4v) is 3.74. The van der Waals surface area contributed by atoms with Gasteiger partial charge in [0.15, 0.2) is 0 Å². The molecule has 2 aromatic heterocycles. The highest BCUT2D eigenvalue weighted by atomic mass is 35.5. The van der Waals surface area contributed by atoms with Crippen LogP contribution in [-0.2, 0) is 4.79 Å². The van der Waals surface area contributed by atoms with Gasteiger partial charge in [0.1, 0.15) is 5.82 Å². The number of likely N-dealkylation sites (tertiary alicyclic amines) is 1. The molecule has 4 rings (SSSR count). The lowest BCUT2D eigenvalue weighted by Crippen LogP contribution is -2.41. The number of halogens is 2. The Labute approximate surface area is 183 Å². The van der Waals surface area contributed by atoms with E-state index >= 15 is 0 Å². The maximum Gasteiger partial charge on any atom is 0.257 e. The monoisotopic (exact) mass is 443 g/mol. The second-order valence-electron chi connectivity index (χ2n) is 7.04. The smallest absolute Gasteiger partial charge is 0.257 e. The average Bonchev–Trinajstić information content (AvgIpc) is 3.25. The van der Waals surface area contributed by atoms with Gasteiger partial charge in [0, 0.05) is 31.4 Å². The van der Waals surface area contributed by atoms with Gasteiger partial charge in [-0.1, -0.05) is 35.3 Å². The molecule has 0 unspecified atom stereocenters. The van der Waals surface area contributed by atoms with E-state index in [0.29, 0.717) is 53.0 Å². The van der Waals surface area contributed by atoms with Crippen molar-refractivity contribution in [2.75, 3.05) is 18.4 Å². The maximum absolute atomic E-state index is 12.8. The second-order valence-corrected chi connectivity index (χ2v) is 7.89. The van der Waals surface area contributed by atoms with Gasteiger partial charge in [-0.2, -0.15) is 5.10 Å². The van der Waals surface area contributed by atoms with Gasteiger partial charge in [0.05, 0.1) is 27.5 Å². The SMILES string of the molecule is O=C(Nc1ccc(Cl)cn1)C1CCN(C(=O)c2cnn(-c3ccccc3Cl)c2)CC1. The Kier molecular flexibility index (Phi) is 6.01. The van der Waals surface area contributed by atoms with Gasteiger partial charge in [-0.05, 0) is 37.1 Å². The molecule has 1 fully saturated rings. The zero-order valence-corrected chi connectivity index (χ0v) is 17.5. The molecular weight excluding hydrogens is 425 g/mol. The average molecular weight is 444 g/mol. The predicted octanol–water partition coefficient (Wildman–Crippen LogP) is 4.07. The second kappa shape index (κ2) is 8.85. The molecule has 3 aromatic rings. The summed E-state index contributed by atoms with van der Waals surface area (Å²) in [6.45, 7) is 1.00. The van der Waals surface area contributed by atoms with Crippen molar-refractivity contribution in [3.05, 3.63) is 70.6 Å². The molecule has 0 bridgehead atoms. The first-order valence-electron chi connectivity index (χ1n) is 9.52. The molecule has 9 heteroatoms. The standard InChI is InChI=1S/C21H19Cl2N5O2/c22-16-5-6-19(24-12-16)26-20(29)14-7-9-27(10-8-14)21(30)15-11-25-28(13-15)18-4-2-1-3-17(18)23/h1-6,11-14H,7-10H2,(H,24,26,29). The molecule has 2 amide bonds. The van der Waals surface area contributed by atoms with Crippen molar-refractivity contribution >= 4 is 40.8 Å². The Hall–Kier alpha value is -2.90. The number of nitrogens with zero attached hydrogens (tertiary/aromatic N) is 4. The summed E-state index contributed by atoms with van der Waals surface area (Å²) < 4.78 is 1.59. The molecular formula is C21H19Cl2N5O2. The van der Waals surface area contributed by atoms with Gasteiger partial charge in [-0.3, -0.25) is 9.59 Å². The van der Waals surface area contributed by atoms with E-state index in [4.69, 9.17) is 23.2 Å². The summed E-state index contributed by atoms with van der Waals surface area (Å²) in [5, 5.41) is 8.14. The van der Waals surface area contributed by atoms with Crippen LogP contribution in [-0.4, -0.2) is 44.6 Å². The van der Waals surface area contributed by atoms with Gasteiger partial charge in [0.2, 0.25) is 5.91 Å². The highest BCUT2D eigenvalue weighted by Crippen LogP contribution is 2.23. The first-order valence-corrected chi connectivity index (χ1v) is 10.3. The molecule has 154 valence electrons. The Balaban J connectivity index is 1.35. The lowest BCUT2D eigenvalue weighted by molar-refractivity contribution is -0.121. The summed E-state index contributed by atoms with van der Waals surface area (Å²) in [4.78, 5) is 31.2. The van der Waals surface area contributed by atoms with Crippen LogP contribution in [0.2, 0.25) is 10.0 Å². The highest BCUT2D eigenvalue weighted by Gasteiger charge is 2.28. The number of pyridine rings is 1. The summed E-state index contributed by atoms with van der Waals surface area (Å²) >= 11 is 12.0. The van der Waals surface area contributed by atoms with E-state index in [-0.39, 0.29) is 17.7 Å². The third kappa shape index (κ3) is 4.47. The van der Waals surface area contributed by atoms with Crippen LogP contribution in [0, 0.1) is 5.92 Å². The van der Waals surface area contributed by atoms with E-state index in [1.165, 1.54) is 12.4 Å². The molecule has 30 heavy (non-hydrogen) atoms. The lowest BCUT2D eigenvalue weighted by Gasteiger charge is -2.31. The third-order valence-corrected chi connectivity index (χ3v) is 5.60. The zero-order valence-electron chi connectivity index (χ0n) is 16.0. The number of para-hydroxylation sites is 1. The van der Waals surface area contributed by atoms with E-state index in [0.717, 1.165) is 0 Å². The van der Waals surface area contributed by atoms with E-state index < -0.39 is 0 Å². The molecule has 3 heterocycles. The Morgan fingerprint density at radius 3 is 2.50 bits per heavy atom. The minimum atomic E-state index is -0.169. The normalized spacial score (nSPS) is 14.5. The minimum absolute atomic E-state index is 0.0940. The van der Waals surface area contributed by atoms with Crippen LogP contribution >= 0.6 is 23.2 Å². The molecule has 1 saturated heterocycles. The van der Waals surface area contributed by atoms with Crippen molar-refractivity contribution in [1.29, 1.82) is 0 Å². The van der Waals surface area contributed by atoms with Crippen LogP contribution in [0.15, 0.2) is 55.0 Å². The molecule has 1 N–H and O–H groups in total. The van der Waals surface area contributed by atoms with E-state index in [9.17, 15) is 9.59 Å². The van der Waals surface area contributed by atoms with Crippen LogP contribution in [0.3, 0.4) is 0 Å². The van der Waals surface area contributed by atoms with Gasteiger partial charge < -0.3 is 10.2 Å². The molecule has 1 aliphatic rings. The van der Waals surface area contributed by atoms with Crippen LogP contribution in [0.25, 0.3) is 5.69 Å². The fourth-order valence-electron chi connectivity index (χ4n) is 3.41.